The lowest BCUT2D eigenvalue weighted by atomic mass is 9.82. The molecule has 2 amide bonds. The molecule has 1 saturated heterocycles. The molecule has 1 aromatic rings. The molecule has 0 spiro atoms. The van der Waals surface area contributed by atoms with Crippen molar-refractivity contribution in [3.05, 3.63) is 35.9 Å². The van der Waals surface area contributed by atoms with Crippen LogP contribution in [0.25, 0.3) is 0 Å². The molecule has 1 N–H and O–H groups in total. The van der Waals surface area contributed by atoms with E-state index in [2.05, 4.69) is 17.2 Å². The highest BCUT2D eigenvalue weighted by molar-refractivity contribution is 5.94. The molecule has 5 nitrogen and oxygen atoms in total. The predicted molar refractivity (Wildman–Crippen MR) is 87.5 cm³/mol. The fourth-order valence-electron chi connectivity index (χ4n) is 2.51. The van der Waals surface area contributed by atoms with Gasteiger partial charge in [-0.1, -0.05) is 36.3 Å². The van der Waals surface area contributed by atoms with Crippen molar-refractivity contribution in [1.29, 1.82) is 0 Å². The Balaban J connectivity index is 2.15. The van der Waals surface area contributed by atoms with Crippen molar-refractivity contribution in [2.45, 2.75) is 38.8 Å². The third-order valence-corrected chi connectivity index (χ3v) is 3.49. The number of amides is 2. The Morgan fingerprint density at radius 3 is 2.35 bits per heavy atom. The van der Waals surface area contributed by atoms with Crippen LogP contribution in [0.5, 0.6) is 0 Å². The zero-order valence-electron chi connectivity index (χ0n) is 14.0. The third-order valence-electron chi connectivity index (χ3n) is 3.49. The monoisotopic (exact) mass is 314 g/mol. The van der Waals surface area contributed by atoms with Gasteiger partial charge in [-0.15, -0.1) is 0 Å². The lowest BCUT2D eigenvalue weighted by molar-refractivity contribution is -0.120. The summed E-state index contributed by atoms with van der Waals surface area (Å²) in [5, 5.41) is 2.93. The average molecular weight is 314 g/mol. The van der Waals surface area contributed by atoms with E-state index in [0.717, 1.165) is 5.56 Å². The third kappa shape index (κ3) is 4.04. The summed E-state index contributed by atoms with van der Waals surface area (Å²) in [5.74, 6) is 4.73. The van der Waals surface area contributed by atoms with E-state index < -0.39 is 11.1 Å². The molecule has 2 rings (SSSR count). The summed E-state index contributed by atoms with van der Waals surface area (Å²) in [6.45, 7) is 7.82. The lowest BCUT2D eigenvalue weighted by Crippen LogP contribution is -2.69. The molecule has 0 saturated carbocycles. The molecule has 1 aromatic carbocycles. The molecule has 23 heavy (non-hydrogen) atoms. The highest BCUT2D eigenvalue weighted by Gasteiger charge is 2.48. The minimum Gasteiger partial charge on any atom is -0.444 e. The van der Waals surface area contributed by atoms with Crippen LogP contribution in [0.15, 0.2) is 30.3 Å². The summed E-state index contributed by atoms with van der Waals surface area (Å²) < 4.78 is 5.37. The fraction of sp³-hybridized carbons (Fsp3) is 0.444. The van der Waals surface area contributed by atoms with Crippen LogP contribution in [-0.4, -0.2) is 35.6 Å². The summed E-state index contributed by atoms with van der Waals surface area (Å²) in [4.78, 5) is 25.6. The topological polar surface area (TPSA) is 58.6 Å². The SMILES string of the molecule is CC#CC(=O)NC1(c2ccccc2)CN(C(=O)OC(C)(C)C)C1. The smallest absolute Gasteiger partial charge is 0.410 e. The van der Waals surface area contributed by atoms with Crippen molar-refractivity contribution in [1.82, 2.24) is 10.2 Å². The molecule has 5 heteroatoms. The molecule has 1 aliphatic heterocycles. The fourth-order valence-corrected chi connectivity index (χ4v) is 2.51. The standard InChI is InChI=1S/C18H22N2O3/c1-5-9-15(21)19-18(14-10-7-6-8-11-14)12-20(13-18)16(22)23-17(2,3)4/h6-8,10-11H,12-13H2,1-4H3,(H,19,21). The first-order chi connectivity index (χ1) is 10.8. The van der Waals surface area contributed by atoms with E-state index >= 15 is 0 Å². The molecule has 0 unspecified atom stereocenters. The van der Waals surface area contributed by atoms with E-state index in [0.29, 0.717) is 13.1 Å². The first kappa shape index (κ1) is 16.9. The van der Waals surface area contributed by atoms with Crippen LogP contribution >= 0.6 is 0 Å². The first-order valence-electron chi connectivity index (χ1n) is 7.54. The molecule has 0 radical (unpaired) electrons. The van der Waals surface area contributed by atoms with Gasteiger partial charge in [0.2, 0.25) is 0 Å². The van der Waals surface area contributed by atoms with Crippen molar-refractivity contribution in [3.8, 4) is 11.8 Å². The zero-order valence-corrected chi connectivity index (χ0v) is 14.0. The Morgan fingerprint density at radius 1 is 1.22 bits per heavy atom. The zero-order chi connectivity index (χ0) is 17.1. The van der Waals surface area contributed by atoms with Crippen LogP contribution in [0, 0.1) is 11.8 Å². The van der Waals surface area contributed by atoms with E-state index in [1.54, 1.807) is 11.8 Å². The molecular weight excluding hydrogens is 292 g/mol. The van der Waals surface area contributed by atoms with Gasteiger partial charge in [0.15, 0.2) is 0 Å². The Hall–Kier alpha value is -2.48. The maximum Gasteiger partial charge on any atom is 0.410 e. The quantitative estimate of drug-likeness (QED) is 0.852. The number of ether oxygens (including phenoxy) is 1. The molecule has 0 aliphatic carbocycles. The second kappa shape index (κ2) is 6.33. The normalized spacial score (nSPS) is 15.7. The van der Waals surface area contributed by atoms with Gasteiger partial charge in [0, 0.05) is 0 Å². The summed E-state index contributed by atoms with van der Waals surface area (Å²) in [6.07, 6.45) is -0.375. The number of carbonyl (C=O) groups is 2. The van der Waals surface area contributed by atoms with Gasteiger partial charge in [0.1, 0.15) is 11.1 Å². The second-order valence-corrected chi connectivity index (χ2v) is 6.61. The molecule has 1 aliphatic rings. The maximum absolute atomic E-state index is 12.1. The second-order valence-electron chi connectivity index (χ2n) is 6.61. The van der Waals surface area contributed by atoms with E-state index in [4.69, 9.17) is 4.74 Å². The molecule has 0 aromatic heterocycles. The summed E-state index contributed by atoms with van der Waals surface area (Å²) >= 11 is 0. The minimum atomic E-state index is -0.612. The maximum atomic E-state index is 12.1. The van der Waals surface area contributed by atoms with Gasteiger partial charge in [0.05, 0.1) is 13.1 Å². The highest BCUT2D eigenvalue weighted by Crippen LogP contribution is 2.33. The number of carbonyl (C=O) groups excluding carboxylic acids is 2. The number of nitrogens with zero attached hydrogens (tertiary/aromatic N) is 1. The molecule has 1 heterocycles. The van der Waals surface area contributed by atoms with Crippen molar-refractivity contribution < 1.29 is 14.3 Å². The summed E-state index contributed by atoms with van der Waals surface area (Å²) in [7, 11) is 0. The Kier molecular flexibility index (Phi) is 4.65. The molecular formula is C18H22N2O3. The van der Waals surface area contributed by atoms with E-state index in [1.165, 1.54) is 0 Å². The number of hydrogen-bond acceptors (Lipinski definition) is 3. The number of hydrogen-bond donors (Lipinski definition) is 1. The van der Waals surface area contributed by atoms with E-state index in [9.17, 15) is 9.59 Å². The predicted octanol–water partition coefficient (Wildman–Crippen LogP) is 2.27. The van der Waals surface area contributed by atoms with Gasteiger partial charge in [0.25, 0.3) is 5.91 Å². The van der Waals surface area contributed by atoms with Crippen molar-refractivity contribution in [2.75, 3.05) is 13.1 Å². The minimum absolute atomic E-state index is 0.347. The van der Waals surface area contributed by atoms with E-state index in [-0.39, 0.29) is 12.0 Å². The van der Waals surface area contributed by atoms with Crippen LogP contribution in [0.3, 0.4) is 0 Å². The molecule has 122 valence electrons. The van der Waals surface area contributed by atoms with Crippen LogP contribution in [0.4, 0.5) is 4.79 Å². The number of rotatable bonds is 2. The van der Waals surface area contributed by atoms with Gasteiger partial charge in [-0.3, -0.25) is 4.79 Å². The van der Waals surface area contributed by atoms with E-state index in [1.807, 2.05) is 51.1 Å². The molecule has 0 atom stereocenters. The van der Waals surface area contributed by atoms with Crippen molar-refractivity contribution in [2.24, 2.45) is 0 Å². The Morgan fingerprint density at radius 2 is 1.83 bits per heavy atom. The number of nitrogens with one attached hydrogen (secondary N) is 1. The molecule has 1 fully saturated rings. The Bertz CT molecular complexity index is 644. The van der Waals surface area contributed by atoms with Crippen molar-refractivity contribution >= 4 is 12.0 Å². The number of benzene rings is 1. The number of likely N-dealkylation sites (tertiary alicyclic amines) is 1. The molecule has 0 bridgehead atoms. The van der Waals surface area contributed by atoms with Crippen LogP contribution in [0.1, 0.15) is 33.3 Å². The van der Waals surface area contributed by atoms with Gasteiger partial charge in [-0.2, -0.15) is 0 Å². The van der Waals surface area contributed by atoms with Gasteiger partial charge in [-0.05, 0) is 39.2 Å². The van der Waals surface area contributed by atoms with Crippen LogP contribution in [0.2, 0.25) is 0 Å². The Labute approximate surface area is 137 Å². The largest absolute Gasteiger partial charge is 0.444 e. The first-order valence-corrected chi connectivity index (χ1v) is 7.54. The van der Waals surface area contributed by atoms with Crippen LogP contribution < -0.4 is 5.32 Å². The van der Waals surface area contributed by atoms with Gasteiger partial charge in [-0.25, -0.2) is 4.79 Å². The lowest BCUT2D eigenvalue weighted by Gasteiger charge is -2.50. The van der Waals surface area contributed by atoms with Crippen molar-refractivity contribution in [3.63, 3.8) is 0 Å². The van der Waals surface area contributed by atoms with Crippen LogP contribution in [-0.2, 0) is 15.1 Å². The average Bonchev–Trinajstić information content (AvgIpc) is 2.41. The van der Waals surface area contributed by atoms with Gasteiger partial charge < -0.3 is 15.0 Å². The summed E-state index contributed by atoms with van der Waals surface area (Å²) in [5.41, 5.74) is -0.205. The highest BCUT2D eigenvalue weighted by atomic mass is 16.6. The van der Waals surface area contributed by atoms with Gasteiger partial charge >= 0.3 is 6.09 Å². The summed E-state index contributed by atoms with van der Waals surface area (Å²) in [6, 6.07) is 9.60.